The predicted octanol–water partition coefficient (Wildman–Crippen LogP) is 8.17. The normalized spacial score (nSPS) is 17.4. The quantitative estimate of drug-likeness (QED) is 0.218. The molecule has 1 fully saturated rings. The van der Waals surface area contributed by atoms with Crippen LogP contribution in [0.5, 0.6) is 0 Å². The minimum Gasteiger partial charge on any atom is -0.330 e. The Morgan fingerprint density at radius 1 is 1.03 bits per heavy atom. The average molecular weight is 549 g/mol. The van der Waals surface area contributed by atoms with Crippen LogP contribution in [0.15, 0.2) is 66.7 Å². The van der Waals surface area contributed by atoms with E-state index in [0.29, 0.717) is 21.4 Å². The Morgan fingerprint density at radius 3 is 2.39 bits per heavy atom. The van der Waals surface area contributed by atoms with Crippen LogP contribution in [0.3, 0.4) is 0 Å². The molecule has 38 heavy (non-hydrogen) atoms. The van der Waals surface area contributed by atoms with E-state index in [1.54, 1.807) is 13.1 Å². The number of fused-ring (bicyclic) bond motifs is 1. The van der Waals surface area contributed by atoms with Crippen molar-refractivity contribution in [2.75, 3.05) is 11.9 Å². The first-order valence-corrected chi connectivity index (χ1v) is 14.1. The molecule has 0 saturated heterocycles. The van der Waals surface area contributed by atoms with Gasteiger partial charge in [-0.25, -0.2) is 4.39 Å². The molecule has 3 aromatic carbocycles. The Bertz CT molecular complexity index is 1460. The number of halogens is 2. The van der Waals surface area contributed by atoms with Crippen molar-refractivity contribution in [1.29, 1.82) is 0 Å². The van der Waals surface area contributed by atoms with Crippen LogP contribution >= 0.6 is 22.9 Å². The fraction of sp³-hybridized carbons (Fsp3) is 0.290. The molecule has 7 heteroatoms. The molecule has 5 rings (SSSR count). The van der Waals surface area contributed by atoms with Crippen LogP contribution in [0.1, 0.15) is 47.8 Å². The Morgan fingerprint density at radius 2 is 1.71 bits per heavy atom. The van der Waals surface area contributed by atoms with Gasteiger partial charge >= 0.3 is 0 Å². The van der Waals surface area contributed by atoms with Crippen LogP contribution in [0.2, 0.25) is 5.02 Å². The molecule has 2 amide bonds. The number of carbonyl (C=O) groups is 2. The maximum Gasteiger partial charge on any atom is 0.266 e. The fourth-order valence-electron chi connectivity index (χ4n) is 5.21. The molecular formula is C31H30ClFN2O2S. The molecule has 196 valence electrons. The molecule has 4 aromatic rings. The highest BCUT2D eigenvalue weighted by molar-refractivity contribution is 7.21. The second kappa shape index (κ2) is 11.3. The number of rotatable bonds is 7. The number of hydrogen-bond acceptors (Lipinski definition) is 3. The molecule has 1 aliphatic carbocycles. The average Bonchev–Trinajstić information content (AvgIpc) is 3.29. The van der Waals surface area contributed by atoms with Crippen molar-refractivity contribution < 1.29 is 14.0 Å². The molecule has 1 heterocycles. The van der Waals surface area contributed by atoms with Gasteiger partial charge in [0.25, 0.3) is 5.91 Å². The largest absolute Gasteiger partial charge is 0.330 e. The lowest BCUT2D eigenvalue weighted by molar-refractivity contribution is -0.107. The number of anilines is 1. The minimum absolute atomic E-state index is 0.0289. The van der Waals surface area contributed by atoms with Gasteiger partial charge in [-0.1, -0.05) is 54.9 Å². The SMILES string of the molecule is CN(C=O)c1ccc(-c2ccc(F)c(CN(C(=O)c3sc4ccccc4c3Cl)[C@H]3CC[C@H](C)CC3)c2)cc1. The number of thiophene rings is 1. The van der Waals surface area contributed by atoms with Crippen molar-refractivity contribution in [2.24, 2.45) is 5.92 Å². The summed E-state index contributed by atoms with van der Waals surface area (Å²) in [5.74, 6) is 0.148. The summed E-state index contributed by atoms with van der Waals surface area (Å²) in [5, 5.41) is 1.34. The van der Waals surface area contributed by atoms with Gasteiger partial charge in [0.2, 0.25) is 6.41 Å². The number of hydrogen-bond donors (Lipinski definition) is 0. The first-order valence-electron chi connectivity index (χ1n) is 12.9. The third kappa shape index (κ3) is 5.33. The highest BCUT2D eigenvalue weighted by Crippen LogP contribution is 2.38. The molecule has 0 aliphatic heterocycles. The maximum absolute atomic E-state index is 15.2. The molecule has 1 aliphatic rings. The van der Waals surface area contributed by atoms with Crippen LogP contribution in [0.4, 0.5) is 10.1 Å². The summed E-state index contributed by atoms with van der Waals surface area (Å²) in [6.07, 6.45) is 4.62. The summed E-state index contributed by atoms with van der Waals surface area (Å²) in [6, 6.07) is 20.4. The van der Waals surface area contributed by atoms with E-state index >= 15 is 4.39 Å². The van der Waals surface area contributed by atoms with Crippen LogP contribution in [0, 0.1) is 11.7 Å². The highest BCUT2D eigenvalue weighted by atomic mass is 35.5. The molecule has 0 atom stereocenters. The van der Waals surface area contributed by atoms with Crippen LogP contribution in [0.25, 0.3) is 21.2 Å². The van der Waals surface area contributed by atoms with E-state index in [2.05, 4.69) is 6.92 Å². The van der Waals surface area contributed by atoms with Gasteiger partial charge in [0.15, 0.2) is 0 Å². The predicted molar refractivity (Wildman–Crippen MR) is 154 cm³/mol. The van der Waals surface area contributed by atoms with E-state index in [0.717, 1.165) is 59.0 Å². The molecule has 0 unspecified atom stereocenters. The smallest absolute Gasteiger partial charge is 0.266 e. The third-order valence-corrected chi connectivity index (χ3v) is 9.23. The van der Waals surface area contributed by atoms with Crippen molar-refractivity contribution in [2.45, 2.75) is 45.2 Å². The second-order valence-corrected chi connectivity index (χ2v) is 11.6. The van der Waals surface area contributed by atoms with E-state index < -0.39 is 0 Å². The van der Waals surface area contributed by atoms with Crippen molar-refractivity contribution in [3.63, 3.8) is 0 Å². The number of carbonyl (C=O) groups excluding carboxylic acids is 2. The van der Waals surface area contributed by atoms with E-state index in [1.165, 1.54) is 22.3 Å². The van der Waals surface area contributed by atoms with Gasteiger partial charge < -0.3 is 9.80 Å². The van der Waals surface area contributed by atoms with Crippen molar-refractivity contribution in [1.82, 2.24) is 4.90 Å². The van der Waals surface area contributed by atoms with Gasteiger partial charge in [-0.15, -0.1) is 11.3 Å². The molecule has 4 nitrogen and oxygen atoms in total. The third-order valence-electron chi connectivity index (χ3n) is 7.57. The zero-order chi connectivity index (χ0) is 26.8. The lowest BCUT2D eigenvalue weighted by atomic mass is 9.86. The molecule has 0 bridgehead atoms. The van der Waals surface area contributed by atoms with Crippen LogP contribution in [-0.4, -0.2) is 30.3 Å². The highest BCUT2D eigenvalue weighted by Gasteiger charge is 2.31. The number of benzene rings is 3. The lowest BCUT2D eigenvalue weighted by Crippen LogP contribution is -2.41. The van der Waals surface area contributed by atoms with E-state index in [1.807, 2.05) is 59.5 Å². The molecular weight excluding hydrogens is 519 g/mol. The Labute approximate surface area is 231 Å². The molecule has 0 spiro atoms. The monoisotopic (exact) mass is 548 g/mol. The zero-order valence-corrected chi connectivity index (χ0v) is 23.1. The summed E-state index contributed by atoms with van der Waals surface area (Å²) >= 11 is 8.11. The van der Waals surface area contributed by atoms with Crippen LogP contribution in [-0.2, 0) is 11.3 Å². The van der Waals surface area contributed by atoms with Gasteiger partial charge in [-0.3, -0.25) is 9.59 Å². The zero-order valence-electron chi connectivity index (χ0n) is 21.5. The Balaban J connectivity index is 1.48. The second-order valence-electron chi connectivity index (χ2n) is 10.2. The van der Waals surface area contributed by atoms with E-state index in [4.69, 9.17) is 11.6 Å². The molecule has 0 radical (unpaired) electrons. The van der Waals surface area contributed by atoms with Crippen LogP contribution < -0.4 is 4.90 Å². The van der Waals surface area contributed by atoms with Gasteiger partial charge in [0, 0.05) is 41.0 Å². The number of nitrogens with zero attached hydrogens (tertiary/aromatic N) is 2. The summed E-state index contributed by atoms with van der Waals surface area (Å²) < 4.78 is 16.2. The summed E-state index contributed by atoms with van der Waals surface area (Å²) in [5.41, 5.74) is 3.01. The van der Waals surface area contributed by atoms with Gasteiger partial charge in [-0.2, -0.15) is 0 Å². The molecule has 0 N–H and O–H groups in total. The topological polar surface area (TPSA) is 40.6 Å². The standard InChI is InChI=1S/C31H30ClFN2O2S/c1-20-7-12-25(13-8-20)35(31(37)30-29(32)26-5-3-4-6-28(26)38-30)18-23-17-22(11-16-27(23)33)21-9-14-24(15-10-21)34(2)19-36/h3-6,9-11,14-17,19-20,25H,7-8,12-13,18H2,1-2H3/t20-,25-. The summed E-state index contributed by atoms with van der Waals surface area (Å²) in [6.45, 7) is 2.42. The Hall–Kier alpha value is -3.22. The van der Waals surface area contributed by atoms with E-state index in [-0.39, 0.29) is 24.3 Å². The molecule has 1 saturated carbocycles. The van der Waals surface area contributed by atoms with Gasteiger partial charge in [0.1, 0.15) is 10.7 Å². The van der Waals surface area contributed by atoms with Crippen molar-refractivity contribution in [3.8, 4) is 11.1 Å². The Kier molecular flexibility index (Phi) is 7.82. The van der Waals surface area contributed by atoms with Crippen molar-refractivity contribution in [3.05, 3.63) is 88.0 Å². The van der Waals surface area contributed by atoms with E-state index in [9.17, 15) is 9.59 Å². The fourth-order valence-corrected chi connectivity index (χ4v) is 6.68. The maximum atomic E-state index is 15.2. The first-order chi connectivity index (χ1) is 18.4. The number of amides is 2. The summed E-state index contributed by atoms with van der Waals surface area (Å²) in [7, 11) is 1.69. The minimum atomic E-state index is -0.338. The van der Waals surface area contributed by atoms with Gasteiger partial charge in [0.05, 0.1) is 5.02 Å². The first kappa shape index (κ1) is 26.4. The van der Waals surface area contributed by atoms with Gasteiger partial charge in [-0.05, 0) is 73.1 Å². The summed E-state index contributed by atoms with van der Waals surface area (Å²) in [4.78, 5) is 28.9. The molecule has 1 aromatic heterocycles. The lowest BCUT2D eigenvalue weighted by Gasteiger charge is -2.36. The van der Waals surface area contributed by atoms with Crippen molar-refractivity contribution >= 4 is 51.0 Å².